The summed E-state index contributed by atoms with van der Waals surface area (Å²) in [6.07, 6.45) is 1.38. The second kappa shape index (κ2) is 6.09. The lowest BCUT2D eigenvalue weighted by molar-refractivity contribution is 0.0950. The highest BCUT2D eigenvalue weighted by Crippen LogP contribution is 2.20. The first-order valence-corrected chi connectivity index (χ1v) is 6.92. The first-order valence-electron chi connectivity index (χ1n) is 6.92. The average molecular weight is 292 g/mol. The molecule has 0 aromatic carbocycles. The second-order valence-corrected chi connectivity index (χ2v) is 5.04. The molecule has 2 aromatic rings. The summed E-state index contributed by atoms with van der Waals surface area (Å²) in [6.45, 7) is 6.93. The van der Waals surface area contributed by atoms with Gasteiger partial charge in [-0.05, 0) is 20.4 Å². The number of likely N-dealkylation sites (N-methyl/N-ethyl adjacent to an activating group) is 1. The minimum Gasteiger partial charge on any atom is -0.442 e. The summed E-state index contributed by atoms with van der Waals surface area (Å²) < 4.78 is 6.74. The Morgan fingerprint density at radius 3 is 2.90 bits per heavy atom. The minimum atomic E-state index is -0.318. The highest BCUT2D eigenvalue weighted by atomic mass is 16.3. The number of hydrogen-bond acceptors (Lipinski definition) is 5. The molecule has 2 aromatic heterocycles. The van der Waals surface area contributed by atoms with Crippen molar-refractivity contribution in [3.05, 3.63) is 28.0 Å². The predicted octanol–water partition coefficient (Wildman–Crippen LogP) is 0.563. The fourth-order valence-corrected chi connectivity index (χ4v) is 2.22. The Morgan fingerprint density at radius 2 is 2.24 bits per heavy atom. The highest BCUT2D eigenvalue weighted by Gasteiger charge is 2.22. The van der Waals surface area contributed by atoms with Gasteiger partial charge in [-0.15, -0.1) is 0 Å². The SMILES string of the molecule is CCN[C@H](C)CNC(=O)c1c(C)oc2ncn(C)c(=O)c12. The van der Waals surface area contributed by atoms with E-state index >= 15 is 0 Å². The molecule has 0 aliphatic rings. The van der Waals surface area contributed by atoms with Crippen LogP contribution in [0.4, 0.5) is 0 Å². The molecule has 0 saturated heterocycles. The summed E-state index contributed by atoms with van der Waals surface area (Å²) in [4.78, 5) is 28.6. The zero-order valence-corrected chi connectivity index (χ0v) is 12.7. The molecule has 0 fully saturated rings. The summed E-state index contributed by atoms with van der Waals surface area (Å²) in [7, 11) is 1.59. The van der Waals surface area contributed by atoms with Gasteiger partial charge in [0, 0.05) is 19.6 Å². The van der Waals surface area contributed by atoms with Crippen LogP contribution in [0.2, 0.25) is 0 Å². The molecule has 0 aliphatic heterocycles. The number of nitrogens with zero attached hydrogens (tertiary/aromatic N) is 2. The van der Waals surface area contributed by atoms with Crippen LogP contribution in [0, 0.1) is 6.92 Å². The van der Waals surface area contributed by atoms with Crippen LogP contribution < -0.4 is 16.2 Å². The van der Waals surface area contributed by atoms with E-state index in [0.29, 0.717) is 12.3 Å². The number of aromatic nitrogens is 2. The molecule has 0 unspecified atom stereocenters. The number of fused-ring (bicyclic) bond motifs is 1. The smallest absolute Gasteiger partial charge is 0.265 e. The molecular formula is C14H20N4O3. The van der Waals surface area contributed by atoms with Gasteiger partial charge in [-0.1, -0.05) is 6.92 Å². The van der Waals surface area contributed by atoms with Crippen LogP contribution in [0.5, 0.6) is 0 Å². The van der Waals surface area contributed by atoms with Crippen LogP contribution in [0.3, 0.4) is 0 Å². The van der Waals surface area contributed by atoms with Gasteiger partial charge in [0.1, 0.15) is 17.5 Å². The molecule has 0 bridgehead atoms. The molecule has 21 heavy (non-hydrogen) atoms. The zero-order valence-electron chi connectivity index (χ0n) is 12.7. The molecule has 0 saturated carbocycles. The maximum Gasteiger partial charge on any atom is 0.265 e. The standard InChI is InChI=1S/C14H20N4O3/c1-5-15-8(2)6-16-12(19)10-9(3)21-13-11(10)14(20)18(4)7-17-13/h7-8,15H,5-6H2,1-4H3,(H,16,19)/t8-/m1/s1. The van der Waals surface area contributed by atoms with Gasteiger partial charge in [0.05, 0.1) is 5.56 Å². The van der Waals surface area contributed by atoms with Gasteiger partial charge in [-0.25, -0.2) is 4.98 Å². The molecule has 1 atom stereocenters. The molecule has 7 heteroatoms. The van der Waals surface area contributed by atoms with Crippen molar-refractivity contribution in [1.82, 2.24) is 20.2 Å². The van der Waals surface area contributed by atoms with Crippen molar-refractivity contribution in [1.29, 1.82) is 0 Å². The zero-order chi connectivity index (χ0) is 15.6. The fraction of sp³-hybridized carbons (Fsp3) is 0.500. The number of furan rings is 1. The van der Waals surface area contributed by atoms with Gasteiger partial charge in [0.15, 0.2) is 0 Å². The Hall–Kier alpha value is -2.15. The topological polar surface area (TPSA) is 89.2 Å². The van der Waals surface area contributed by atoms with Crippen molar-refractivity contribution in [2.24, 2.45) is 7.05 Å². The van der Waals surface area contributed by atoms with Crippen LogP contribution in [0.15, 0.2) is 15.5 Å². The summed E-state index contributed by atoms with van der Waals surface area (Å²) in [5.41, 5.74) is 0.171. The molecule has 114 valence electrons. The molecule has 0 radical (unpaired) electrons. The maximum atomic E-state index is 12.3. The van der Waals surface area contributed by atoms with Gasteiger partial charge in [0.25, 0.3) is 11.5 Å². The van der Waals surface area contributed by atoms with Gasteiger partial charge in [-0.3, -0.25) is 9.59 Å². The molecule has 2 N–H and O–H groups in total. The van der Waals surface area contributed by atoms with Crippen molar-refractivity contribution in [3.8, 4) is 0 Å². The fourth-order valence-electron chi connectivity index (χ4n) is 2.22. The van der Waals surface area contributed by atoms with Crippen LogP contribution in [-0.2, 0) is 7.05 Å². The van der Waals surface area contributed by atoms with E-state index in [2.05, 4.69) is 15.6 Å². The number of amides is 1. The van der Waals surface area contributed by atoms with Crippen molar-refractivity contribution in [2.75, 3.05) is 13.1 Å². The van der Waals surface area contributed by atoms with Crippen molar-refractivity contribution < 1.29 is 9.21 Å². The maximum absolute atomic E-state index is 12.3. The number of aryl methyl sites for hydroxylation is 2. The number of carbonyl (C=O) groups excluding carboxylic acids is 1. The second-order valence-electron chi connectivity index (χ2n) is 5.04. The van der Waals surface area contributed by atoms with E-state index in [1.165, 1.54) is 10.9 Å². The molecule has 2 rings (SSSR count). The quantitative estimate of drug-likeness (QED) is 0.840. The Morgan fingerprint density at radius 1 is 1.52 bits per heavy atom. The van der Waals surface area contributed by atoms with E-state index in [4.69, 9.17) is 4.42 Å². The number of hydrogen-bond donors (Lipinski definition) is 2. The Bertz CT molecular complexity index is 717. The van der Waals surface area contributed by atoms with Crippen molar-refractivity contribution >= 4 is 17.0 Å². The lowest BCUT2D eigenvalue weighted by atomic mass is 10.1. The van der Waals surface area contributed by atoms with E-state index in [0.717, 1.165) is 6.54 Å². The molecule has 1 amide bonds. The van der Waals surface area contributed by atoms with Crippen molar-refractivity contribution in [3.63, 3.8) is 0 Å². The van der Waals surface area contributed by atoms with Crippen LogP contribution in [0.25, 0.3) is 11.1 Å². The summed E-state index contributed by atoms with van der Waals surface area (Å²) in [5, 5.41) is 6.24. The predicted molar refractivity (Wildman–Crippen MR) is 79.5 cm³/mol. The largest absolute Gasteiger partial charge is 0.442 e. The third kappa shape index (κ3) is 2.97. The van der Waals surface area contributed by atoms with Crippen LogP contribution in [0.1, 0.15) is 30.0 Å². The number of rotatable bonds is 5. The van der Waals surface area contributed by atoms with Crippen molar-refractivity contribution in [2.45, 2.75) is 26.8 Å². The Kier molecular flexibility index (Phi) is 4.42. The van der Waals surface area contributed by atoms with Gasteiger partial charge >= 0.3 is 0 Å². The van der Waals surface area contributed by atoms with Gasteiger partial charge in [0.2, 0.25) is 5.71 Å². The third-order valence-electron chi connectivity index (χ3n) is 3.30. The van der Waals surface area contributed by atoms with E-state index in [1.54, 1.807) is 14.0 Å². The normalized spacial score (nSPS) is 12.6. The summed E-state index contributed by atoms with van der Waals surface area (Å²) in [6, 6.07) is 0.151. The first kappa shape index (κ1) is 15.2. The Balaban J connectivity index is 2.33. The third-order valence-corrected chi connectivity index (χ3v) is 3.30. The van der Waals surface area contributed by atoms with Crippen LogP contribution in [-0.4, -0.2) is 34.6 Å². The van der Waals surface area contributed by atoms with E-state index < -0.39 is 0 Å². The lowest BCUT2D eigenvalue weighted by Gasteiger charge is -2.12. The average Bonchev–Trinajstić information content (AvgIpc) is 2.78. The summed E-state index contributed by atoms with van der Waals surface area (Å²) in [5.74, 6) is 0.0792. The van der Waals surface area contributed by atoms with Crippen LogP contribution >= 0.6 is 0 Å². The van der Waals surface area contributed by atoms with E-state index in [-0.39, 0.29) is 34.2 Å². The number of nitrogens with one attached hydrogen (secondary N) is 2. The molecule has 0 aliphatic carbocycles. The molecule has 7 nitrogen and oxygen atoms in total. The molecule has 2 heterocycles. The van der Waals surface area contributed by atoms with E-state index in [1.807, 2.05) is 13.8 Å². The van der Waals surface area contributed by atoms with Gasteiger partial charge in [-0.2, -0.15) is 0 Å². The minimum absolute atomic E-state index is 0.151. The van der Waals surface area contributed by atoms with Gasteiger partial charge < -0.3 is 19.6 Å². The Labute approximate surface area is 122 Å². The molecule has 0 spiro atoms. The van der Waals surface area contributed by atoms with E-state index in [9.17, 15) is 9.59 Å². The summed E-state index contributed by atoms with van der Waals surface area (Å²) >= 11 is 0. The number of carbonyl (C=O) groups is 1. The highest BCUT2D eigenvalue weighted by molar-refractivity contribution is 6.06. The lowest BCUT2D eigenvalue weighted by Crippen LogP contribution is -2.39. The first-order chi connectivity index (χ1) is 9.95. The molecular weight excluding hydrogens is 272 g/mol. The monoisotopic (exact) mass is 292 g/mol.